The Bertz CT molecular complexity index is 1120. The van der Waals surface area contributed by atoms with E-state index in [0.29, 0.717) is 0 Å². The minimum absolute atomic E-state index is 0.116. The van der Waals surface area contributed by atoms with Crippen LogP contribution in [-0.4, -0.2) is 18.3 Å². The Kier molecular flexibility index (Phi) is 6.14. The van der Waals surface area contributed by atoms with Gasteiger partial charge in [-0.05, 0) is 36.0 Å². The lowest BCUT2D eigenvalue weighted by Gasteiger charge is -2.53. The molecule has 33 heavy (non-hydrogen) atoms. The van der Waals surface area contributed by atoms with E-state index in [1.807, 2.05) is 24.3 Å². The van der Waals surface area contributed by atoms with E-state index in [0.717, 1.165) is 11.0 Å². The average Bonchev–Trinajstić information content (AvgIpc) is 2.89. The first-order valence-electron chi connectivity index (χ1n) is 11.5. The molecular formula is C29H28BNO2. The van der Waals surface area contributed by atoms with Gasteiger partial charge in [-0.15, -0.1) is 0 Å². The molecule has 0 amide bonds. The number of rotatable bonds is 5. The second-order valence-electron chi connectivity index (χ2n) is 8.69. The minimum Gasteiger partial charge on any atom is -0.402 e. The lowest BCUT2D eigenvalue weighted by Crippen LogP contribution is -2.63. The quantitative estimate of drug-likeness (QED) is 0.375. The SMILES string of the molecule is CC1OB(c2ccccc2)ON(C(c2ccccc2)c2ccccc2)C1(C)c1ccccc1. The molecule has 1 saturated heterocycles. The van der Waals surface area contributed by atoms with Crippen LogP contribution in [0.15, 0.2) is 121 Å². The van der Waals surface area contributed by atoms with Crippen LogP contribution in [0.3, 0.4) is 0 Å². The molecule has 0 N–H and O–H groups in total. The second-order valence-corrected chi connectivity index (χ2v) is 8.69. The molecule has 2 atom stereocenters. The number of hydrogen-bond donors (Lipinski definition) is 0. The molecule has 4 aromatic rings. The summed E-state index contributed by atoms with van der Waals surface area (Å²) in [6.45, 7) is 4.36. The topological polar surface area (TPSA) is 21.7 Å². The maximum absolute atomic E-state index is 6.80. The summed E-state index contributed by atoms with van der Waals surface area (Å²) in [5.74, 6) is 0. The fourth-order valence-corrected chi connectivity index (χ4v) is 4.68. The van der Waals surface area contributed by atoms with Gasteiger partial charge in [0.2, 0.25) is 0 Å². The van der Waals surface area contributed by atoms with E-state index in [9.17, 15) is 0 Å². The zero-order valence-corrected chi connectivity index (χ0v) is 19.0. The van der Waals surface area contributed by atoms with Crippen molar-refractivity contribution < 1.29 is 9.41 Å². The van der Waals surface area contributed by atoms with Crippen molar-refractivity contribution in [3.8, 4) is 0 Å². The van der Waals surface area contributed by atoms with Crippen molar-refractivity contribution in [2.24, 2.45) is 0 Å². The summed E-state index contributed by atoms with van der Waals surface area (Å²) in [6.07, 6.45) is -0.131. The van der Waals surface area contributed by atoms with Gasteiger partial charge in [0.15, 0.2) is 0 Å². The van der Waals surface area contributed by atoms with Crippen LogP contribution < -0.4 is 5.46 Å². The zero-order valence-electron chi connectivity index (χ0n) is 19.0. The summed E-state index contributed by atoms with van der Waals surface area (Å²) in [4.78, 5) is 0. The third-order valence-electron chi connectivity index (χ3n) is 6.68. The lowest BCUT2D eigenvalue weighted by atomic mass is 9.74. The fourth-order valence-electron chi connectivity index (χ4n) is 4.68. The largest absolute Gasteiger partial charge is 0.511 e. The van der Waals surface area contributed by atoms with Crippen molar-refractivity contribution >= 4 is 12.6 Å². The van der Waals surface area contributed by atoms with E-state index in [1.54, 1.807) is 0 Å². The molecule has 3 nitrogen and oxygen atoms in total. The van der Waals surface area contributed by atoms with Crippen LogP contribution in [0, 0.1) is 0 Å². The Morgan fingerprint density at radius 3 is 1.67 bits per heavy atom. The van der Waals surface area contributed by atoms with Gasteiger partial charge < -0.3 is 9.41 Å². The molecule has 0 aliphatic carbocycles. The number of hydroxylamine groups is 2. The van der Waals surface area contributed by atoms with E-state index in [-0.39, 0.29) is 12.1 Å². The highest BCUT2D eigenvalue weighted by atomic mass is 16.7. The summed E-state index contributed by atoms with van der Waals surface area (Å²) in [6, 6.07) is 41.7. The maximum Gasteiger partial charge on any atom is 0.511 e. The normalized spacial score (nSPS) is 21.3. The molecule has 4 heteroatoms. The Labute approximate surface area is 196 Å². The number of hydrogen-bond acceptors (Lipinski definition) is 3. The highest BCUT2D eigenvalue weighted by Gasteiger charge is 2.52. The van der Waals surface area contributed by atoms with E-state index in [4.69, 9.17) is 9.41 Å². The maximum atomic E-state index is 6.80. The molecular weight excluding hydrogens is 405 g/mol. The first-order chi connectivity index (χ1) is 16.2. The average molecular weight is 433 g/mol. The van der Waals surface area contributed by atoms with Gasteiger partial charge in [0, 0.05) is 0 Å². The van der Waals surface area contributed by atoms with Crippen molar-refractivity contribution in [3.63, 3.8) is 0 Å². The van der Waals surface area contributed by atoms with Gasteiger partial charge in [-0.1, -0.05) is 121 Å². The third-order valence-corrected chi connectivity index (χ3v) is 6.68. The summed E-state index contributed by atoms with van der Waals surface area (Å²) in [5, 5.41) is 2.17. The first kappa shape index (κ1) is 21.7. The molecule has 0 aromatic heterocycles. The van der Waals surface area contributed by atoms with E-state index in [2.05, 4.69) is 116 Å². The fraction of sp³-hybridized carbons (Fsp3) is 0.172. The van der Waals surface area contributed by atoms with Crippen molar-refractivity contribution in [2.45, 2.75) is 31.5 Å². The van der Waals surface area contributed by atoms with Crippen molar-refractivity contribution in [1.29, 1.82) is 0 Å². The van der Waals surface area contributed by atoms with Gasteiger partial charge in [-0.3, -0.25) is 0 Å². The molecule has 0 saturated carbocycles. The van der Waals surface area contributed by atoms with Gasteiger partial charge in [0.25, 0.3) is 0 Å². The van der Waals surface area contributed by atoms with Crippen molar-refractivity contribution in [3.05, 3.63) is 138 Å². The van der Waals surface area contributed by atoms with Crippen molar-refractivity contribution in [2.75, 3.05) is 0 Å². The van der Waals surface area contributed by atoms with Crippen LogP contribution in [-0.2, 0) is 14.9 Å². The summed E-state index contributed by atoms with van der Waals surface area (Å²) >= 11 is 0. The van der Waals surface area contributed by atoms with Gasteiger partial charge in [-0.2, -0.15) is 5.06 Å². The highest BCUT2D eigenvalue weighted by molar-refractivity contribution is 6.61. The molecule has 4 aromatic carbocycles. The van der Waals surface area contributed by atoms with Gasteiger partial charge in [-0.25, -0.2) is 0 Å². The smallest absolute Gasteiger partial charge is 0.402 e. The highest BCUT2D eigenvalue weighted by Crippen LogP contribution is 2.45. The second kappa shape index (κ2) is 9.36. The van der Waals surface area contributed by atoms with Crippen LogP contribution in [0.5, 0.6) is 0 Å². The van der Waals surface area contributed by atoms with Crippen molar-refractivity contribution in [1.82, 2.24) is 5.06 Å². The van der Waals surface area contributed by atoms with E-state index < -0.39 is 12.7 Å². The van der Waals surface area contributed by atoms with Crippen LogP contribution in [0.1, 0.15) is 36.6 Å². The monoisotopic (exact) mass is 433 g/mol. The predicted molar refractivity (Wildman–Crippen MR) is 134 cm³/mol. The summed E-state index contributed by atoms with van der Waals surface area (Å²) < 4.78 is 13.3. The molecule has 5 rings (SSSR count). The number of nitrogens with zero attached hydrogens (tertiary/aromatic N) is 1. The summed E-state index contributed by atoms with van der Waals surface area (Å²) in [5.41, 5.74) is 3.98. The Morgan fingerprint density at radius 1 is 0.697 bits per heavy atom. The molecule has 0 radical (unpaired) electrons. The van der Waals surface area contributed by atoms with E-state index >= 15 is 0 Å². The molecule has 1 aliphatic rings. The summed E-state index contributed by atoms with van der Waals surface area (Å²) in [7, 11) is -0.493. The van der Waals surface area contributed by atoms with Crippen LogP contribution in [0.25, 0.3) is 0 Å². The Hall–Kier alpha value is -3.18. The Balaban J connectivity index is 1.68. The third kappa shape index (κ3) is 4.13. The van der Waals surface area contributed by atoms with Crippen LogP contribution in [0.4, 0.5) is 0 Å². The molecule has 2 unspecified atom stereocenters. The standard InChI is InChI=1S/C29H28BNO2/c1-23-29(2,26-19-11-5-12-20-26)31(33-30(32-23)27-21-13-6-14-22-27)28(24-15-7-3-8-16-24)25-17-9-4-10-18-25/h3-23,28H,1-2H3. The van der Waals surface area contributed by atoms with Gasteiger partial charge in [0.1, 0.15) is 0 Å². The van der Waals surface area contributed by atoms with E-state index in [1.165, 1.54) is 11.1 Å². The number of benzene rings is 4. The molecule has 1 aliphatic heterocycles. The zero-order chi connectivity index (χ0) is 22.7. The first-order valence-corrected chi connectivity index (χ1v) is 11.5. The molecule has 1 heterocycles. The van der Waals surface area contributed by atoms with Gasteiger partial charge >= 0.3 is 7.12 Å². The minimum atomic E-state index is -0.525. The molecule has 0 spiro atoms. The molecule has 1 fully saturated rings. The molecule has 164 valence electrons. The lowest BCUT2D eigenvalue weighted by molar-refractivity contribution is -0.242. The predicted octanol–water partition coefficient (Wildman–Crippen LogP) is 5.74. The van der Waals surface area contributed by atoms with Crippen LogP contribution in [0.2, 0.25) is 0 Å². The Morgan fingerprint density at radius 2 is 1.15 bits per heavy atom. The molecule has 0 bridgehead atoms. The van der Waals surface area contributed by atoms with Crippen LogP contribution >= 0.6 is 0 Å². The van der Waals surface area contributed by atoms with Gasteiger partial charge in [0.05, 0.1) is 17.7 Å².